The van der Waals surface area contributed by atoms with Crippen LogP contribution in [-0.2, 0) is 16.4 Å². The molecule has 0 saturated carbocycles. The number of hydrogen-bond acceptors (Lipinski definition) is 4. The molecule has 2 rings (SSSR count). The lowest BCUT2D eigenvalue weighted by Crippen LogP contribution is -2.16. The molecule has 1 aromatic carbocycles. The first-order valence-corrected chi connectivity index (χ1v) is 7.34. The molecule has 0 aliphatic rings. The Morgan fingerprint density at radius 2 is 2.16 bits per heavy atom. The van der Waals surface area contributed by atoms with Gasteiger partial charge in [-0.1, -0.05) is 25.1 Å². The average molecular weight is 280 g/mol. The van der Waals surface area contributed by atoms with E-state index >= 15 is 0 Å². The van der Waals surface area contributed by atoms with Crippen LogP contribution in [0.4, 0.5) is 11.5 Å². The summed E-state index contributed by atoms with van der Waals surface area (Å²) < 4.78 is 27.1. The molecule has 0 aliphatic heterocycles. The Morgan fingerprint density at radius 1 is 1.42 bits per heavy atom. The normalized spacial score (nSPS) is 11.5. The highest BCUT2D eigenvalue weighted by atomic mass is 32.2. The van der Waals surface area contributed by atoms with Crippen LogP contribution in [0.15, 0.2) is 29.3 Å². The zero-order valence-electron chi connectivity index (χ0n) is 10.8. The van der Waals surface area contributed by atoms with E-state index in [0.29, 0.717) is 5.69 Å². The molecular formula is C12H16N4O2S. The number of nitrogens with one attached hydrogen (secondary N) is 2. The number of aromatic nitrogens is 2. The Bertz CT molecular complexity index is 692. The van der Waals surface area contributed by atoms with E-state index in [2.05, 4.69) is 14.9 Å². The van der Waals surface area contributed by atoms with Crippen LogP contribution in [0.3, 0.4) is 0 Å². The number of rotatable bonds is 4. The van der Waals surface area contributed by atoms with Gasteiger partial charge >= 0.3 is 0 Å². The van der Waals surface area contributed by atoms with Crippen molar-refractivity contribution in [3.63, 3.8) is 0 Å². The van der Waals surface area contributed by atoms with Crippen molar-refractivity contribution in [2.45, 2.75) is 25.2 Å². The molecule has 0 radical (unpaired) electrons. The van der Waals surface area contributed by atoms with Gasteiger partial charge in [0, 0.05) is 0 Å². The third kappa shape index (κ3) is 2.55. The van der Waals surface area contributed by atoms with Gasteiger partial charge in [-0.25, -0.2) is 8.42 Å². The zero-order valence-corrected chi connectivity index (χ0v) is 11.6. The van der Waals surface area contributed by atoms with Crippen molar-refractivity contribution in [3.05, 3.63) is 35.5 Å². The summed E-state index contributed by atoms with van der Waals surface area (Å²) >= 11 is 0. The summed E-state index contributed by atoms with van der Waals surface area (Å²) in [5.41, 5.74) is 7.96. The molecule has 7 heteroatoms. The van der Waals surface area contributed by atoms with Crippen LogP contribution in [0, 0.1) is 6.92 Å². The molecule has 1 aromatic heterocycles. The van der Waals surface area contributed by atoms with Gasteiger partial charge in [0.1, 0.15) is 10.7 Å². The smallest absolute Gasteiger partial charge is 0.267 e. The maximum atomic E-state index is 12.3. The lowest BCUT2D eigenvalue weighted by Gasteiger charge is -2.13. The minimum Gasteiger partial charge on any atom is -0.383 e. The first-order valence-electron chi connectivity index (χ1n) is 5.86. The predicted molar refractivity (Wildman–Crippen MR) is 74.4 cm³/mol. The monoisotopic (exact) mass is 280 g/mol. The van der Waals surface area contributed by atoms with Crippen molar-refractivity contribution < 1.29 is 8.42 Å². The molecule has 0 amide bonds. The highest BCUT2D eigenvalue weighted by molar-refractivity contribution is 7.92. The van der Waals surface area contributed by atoms with Crippen LogP contribution >= 0.6 is 0 Å². The van der Waals surface area contributed by atoms with Crippen molar-refractivity contribution in [2.24, 2.45) is 0 Å². The second-order valence-electron chi connectivity index (χ2n) is 4.22. The lowest BCUT2D eigenvalue weighted by atomic mass is 10.1. The highest BCUT2D eigenvalue weighted by Gasteiger charge is 2.21. The summed E-state index contributed by atoms with van der Waals surface area (Å²) in [5.74, 6) is 0.0270. The van der Waals surface area contributed by atoms with Crippen LogP contribution < -0.4 is 10.5 Å². The molecule has 0 saturated heterocycles. The van der Waals surface area contributed by atoms with Crippen molar-refractivity contribution in [2.75, 3.05) is 10.5 Å². The van der Waals surface area contributed by atoms with E-state index in [-0.39, 0.29) is 10.7 Å². The topological polar surface area (TPSA) is 101 Å². The van der Waals surface area contributed by atoms with Gasteiger partial charge in [-0.05, 0) is 24.5 Å². The van der Waals surface area contributed by atoms with Gasteiger partial charge < -0.3 is 5.73 Å². The van der Waals surface area contributed by atoms with Gasteiger partial charge in [-0.3, -0.25) is 9.82 Å². The molecule has 19 heavy (non-hydrogen) atoms. The quantitative estimate of drug-likeness (QED) is 0.792. The van der Waals surface area contributed by atoms with Crippen LogP contribution in [-0.4, -0.2) is 18.6 Å². The Morgan fingerprint density at radius 3 is 2.74 bits per heavy atom. The number of aromatic amines is 1. The molecule has 6 nitrogen and oxygen atoms in total. The van der Waals surface area contributed by atoms with Crippen molar-refractivity contribution >= 4 is 21.5 Å². The third-order valence-corrected chi connectivity index (χ3v) is 4.28. The van der Waals surface area contributed by atoms with Crippen molar-refractivity contribution in [1.29, 1.82) is 0 Å². The van der Waals surface area contributed by atoms with E-state index in [4.69, 9.17) is 5.73 Å². The van der Waals surface area contributed by atoms with Crippen molar-refractivity contribution in [3.8, 4) is 0 Å². The number of para-hydroxylation sites is 1. The predicted octanol–water partition coefficient (Wildman–Crippen LogP) is 1.66. The summed E-state index contributed by atoms with van der Waals surface area (Å²) in [6.07, 6.45) is 1.93. The summed E-state index contributed by atoms with van der Waals surface area (Å²) in [5, 5.41) is 6.04. The summed E-state index contributed by atoms with van der Waals surface area (Å²) in [6.45, 7) is 3.83. The summed E-state index contributed by atoms with van der Waals surface area (Å²) in [7, 11) is -3.72. The number of H-pyrrole nitrogens is 1. The first kappa shape index (κ1) is 13.4. The van der Waals surface area contributed by atoms with Crippen LogP contribution in [0.1, 0.15) is 18.1 Å². The molecule has 1 heterocycles. The van der Waals surface area contributed by atoms with Crippen molar-refractivity contribution in [1.82, 2.24) is 10.2 Å². The molecule has 0 atom stereocenters. The minimum atomic E-state index is -3.72. The molecule has 102 valence electrons. The molecular weight excluding hydrogens is 264 g/mol. The maximum absolute atomic E-state index is 12.3. The van der Waals surface area contributed by atoms with E-state index in [1.54, 1.807) is 0 Å². The molecule has 2 aromatic rings. The Kier molecular flexibility index (Phi) is 3.48. The standard InChI is InChI=1S/C12H16N4O2S/c1-3-9-6-4-5-8(2)11(9)16-19(17,18)10-7-14-15-12(10)13/h4-7,16H,3H2,1-2H3,(H3,13,14,15). The average Bonchev–Trinajstić information content (AvgIpc) is 2.79. The van der Waals surface area contributed by atoms with Gasteiger partial charge in [0.05, 0.1) is 11.9 Å². The largest absolute Gasteiger partial charge is 0.383 e. The Balaban J connectivity index is 2.45. The number of benzene rings is 1. The summed E-state index contributed by atoms with van der Waals surface area (Å²) in [4.78, 5) is -0.0437. The fraction of sp³-hybridized carbons (Fsp3) is 0.250. The fourth-order valence-electron chi connectivity index (χ4n) is 1.86. The Labute approximate surface area is 112 Å². The molecule has 0 spiro atoms. The van der Waals surface area contributed by atoms with Gasteiger partial charge in [-0.15, -0.1) is 0 Å². The number of nitrogens with zero attached hydrogens (tertiary/aromatic N) is 1. The molecule has 4 N–H and O–H groups in total. The minimum absolute atomic E-state index is 0.0270. The molecule has 0 fully saturated rings. The van der Waals surface area contributed by atoms with Gasteiger partial charge in [0.2, 0.25) is 0 Å². The van der Waals surface area contributed by atoms with E-state index in [1.807, 2.05) is 32.0 Å². The Hall–Kier alpha value is -2.02. The van der Waals surface area contributed by atoms with Crippen LogP contribution in [0.2, 0.25) is 0 Å². The lowest BCUT2D eigenvalue weighted by molar-refractivity contribution is 0.601. The molecule has 0 aliphatic carbocycles. The third-order valence-electron chi connectivity index (χ3n) is 2.90. The van der Waals surface area contributed by atoms with E-state index in [9.17, 15) is 8.42 Å². The van der Waals surface area contributed by atoms with Crippen LogP contribution in [0.25, 0.3) is 0 Å². The second-order valence-corrected chi connectivity index (χ2v) is 5.87. The maximum Gasteiger partial charge on any atom is 0.267 e. The number of nitrogen functional groups attached to an aromatic ring is 1. The number of hydrogen-bond donors (Lipinski definition) is 3. The first-order chi connectivity index (χ1) is 8.95. The van der Waals surface area contributed by atoms with E-state index in [0.717, 1.165) is 17.5 Å². The molecule has 0 unspecified atom stereocenters. The number of sulfonamides is 1. The number of nitrogens with two attached hydrogens (primary N) is 1. The SMILES string of the molecule is CCc1cccc(C)c1NS(=O)(=O)c1cn[nH]c1N. The zero-order chi connectivity index (χ0) is 14.0. The van der Waals surface area contributed by atoms with Crippen LogP contribution in [0.5, 0.6) is 0 Å². The van der Waals surface area contributed by atoms with Gasteiger partial charge in [-0.2, -0.15) is 5.10 Å². The highest BCUT2D eigenvalue weighted by Crippen LogP contribution is 2.25. The van der Waals surface area contributed by atoms with E-state index < -0.39 is 10.0 Å². The fourth-order valence-corrected chi connectivity index (χ4v) is 3.06. The molecule has 0 bridgehead atoms. The second kappa shape index (κ2) is 4.93. The van der Waals surface area contributed by atoms with E-state index in [1.165, 1.54) is 6.20 Å². The number of aryl methyl sites for hydroxylation is 2. The summed E-state index contributed by atoms with van der Waals surface area (Å²) in [6, 6.07) is 5.65. The van der Waals surface area contributed by atoms with Gasteiger partial charge in [0.15, 0.2) is 0 Å². The number of anilines is 2. The van der Waals surface area contributed by atoms with Gasteiger partial charge in [0.25, 0.3) is 10.0 Å².